The highest BCUT2D eigenvalue weighted by molar-refractivity contribution is 6.15. The Kier molecular flexibility index (Phi) is 5.66. The lowest BCUT2D eigenvalue weighted by Crippen LogP contribution is -2.13. The molecular formula is C16H15F4NO4. The number of aliphatic hydroxyl groups excluding tert-OH is 1. The SMILES string of the molecule is CCOC(=O)C(C=NC1CC1F)=C(O)c1cc(F)c(F)c(OC)c1F. The third-order valence-electron chi connectivity index (χ3n) is 3.40. The van der Waals surface area contributed by atoms with Gasteiger partial charge in [-0.2, -0.15) is 4.39 Å². The number of aliphatic hydroxyl groups is 1. The molecule has 1 aliphatic rings. The van der Waals surface area contributed by atoms with Crippen molar-refractivity contribution in [3.05, 3.63) is 34.7 Å². The van der Waals surface area contributed by atoms with Gasteiger partial charge in [0.15, 0.2) is 17.4 Å². The van der Waals surface area contributed by atoms with Crippen LogP contribution in [-0.2, 0) is 9.53 Å². The molecule has 5 nitrogen and oxygen atoms in total. The predicted octanol–water partition coefficient (Wildman–Crippen LogP) is 3.13. The van der Waals surface area contributed by atoms with Crippen molar-refractivity contribution in [2.45, 2.75) is 25.6 Å². The molecular weight excluding hydrogens is 346 g/mol. The van der Waals surface area contributed by atoms with Gasteiger partial charge in [0.05, 0.1) is 25.3 Å². The fourth-order valence-electron chi connectivity index (χ4n) is 1.97. The normalized spacial score (nSPS) is 20.4. The molecule has 0 bridgehead atoms. The lowest BCUT2D eigenvalue weighted by atomic mass is 10.1. The summed E-state index contributed by atoms with van der Waals surface area (Å²) in [5.74, 6) is -7.67. The smallest absolute Gasteiger partial charge is 0.343 e. The number of alkyl halides is 1. The number of hydrogen-bond donors (Lipinski definition) is 1. The van der Waals surface area contributed by atoms with E-state index in [4.69, 9.17) is 4.74 Å². The van der Waals surface area contributed by atoms with E-state index in [1.54, 1.807) is 0 Å². The molecule has 0 amide bonds. The maximum Gasteiger partial charge on any atom is 0.343 e. The number of aliphatic imine (C=N–C) groups is 1. The van der Waals surface area contributed by atoms with Crippen molar-refractivity contribution in [2.24, 2.45) is 4.99 Å². The zero-order chi connectivity index (χ0) is 18.7. The Hall–Kier alpha value is -2.58. The molecule has 1 aromatic carbocycles. The summed E-state index contributed by atoms with van der Waals surface area (Å²) in [6, 6.07) is -0.313. The number of ether oxygens (including phenoxy) is 2. The summed E-state index contributed by atoms with van der Waals surface area (Å²) in [5.41, 5.74) is -1.44. The molecule has 1 aliphatic carbocycles. The van der Waals surface area contributed by atoms with Crippen molar-refractivity contribution >= 4 is 17.9 Å². The first kappa shape index (κ1) is 18.8. The van der Waals surface area contributed by atoms with Crippen molar-refractivity contribution in [3.8, 4) is 5.75 Å². The van der Waals surface area contributed by atoms with Gasteiger partial charge >= 0.3 is 5.97 Å². The predicted molar refractivity (Wildman–Crippen MR) is 80.8 cm³/mol. The molecule has 0 saturated heterocycles. The Bertz CT molecular complexity index is 748. The standard InChI is InChI=1S/C16H15F4NO4/c1-3-25-16(23)8(6-21-11-5-9(11)17)14(22)7-4-10(18)13(20)15(24-2)12(7)19/h4,6,9,11,22H,3,5H2,1-2H3. The van der Waals surface area contributed by atoms with Gasteiger partial charge in [0, 0.05) is 12.6 Å². The lowest BCUT2D eigenvalue weighted by molar-refractivity contribution is -0.137. The van der Waals surface area contributed by atoms with Crippen LogP contribution in [0.25, 0.3) is 5.76 Å². The minimum Gasteiger partial charge on any atom is -0.506 e. The summed E-state index contributed by atoms with van der Waals surface area (Å²) in [5, 5.41) is 10.2. The fraction of sp³-hybridized carbons (Fsp3) is 0.375. The van der Waals surface area contributed by atoms with Crippen LogP contribution < -0.4 is 4.74 Å². The molecule has 9 heteroatoms. The van der Waals surface area contributed by atoms with Crippen LogP contribution >= 0.6 is 0 Å². The zero-order valence-electron chi connectivity index (χ0n) is 13.4. The molecule has 0 heterocycles. The van der Waals surface area contributed by atoms with Crippen molar-refractivity contribution < 1.29 is 36.9 Å². The quantitative estimate of drug-likeness (QED) is 0.211. The van der Waals surface area contributed by atoms with Crippen LogP contribution in [0, 0.1) is 17.5 Å². The van der Waals surface area contributed by atoms with Gasteiger partial charge in [0.1, 0.15) is 17.5 Å². The number of halogens is 4. The van der Waals surface area contributed by atoms with E-state index < -0.39 is 58.3 Å². The van der Waals surface area contributed by atoms with Gasteiger partial charge in [-0.15, -0.1) is 0 Å². The molecule has 0 radical (unpaired) electrons. The molecule has 0 spiro atoms. The molecule has 2 atom stereocenters. The van der Waals surface area contributed by atoms with Gasteiger partial charge in [-0.1, -0.05) is 0 Å². The molecule has 1 fully saturated rings. The van der Waals surface area contributed by atoms with Gasteiger partial charge in [0.25, 0.3) is 0 Å². The van der Waals surface area contributed by atoms with Crippen LogP contribution in [0.4, 0.5) is 17.6 Å². The van der Waals surface area contributed by atoms with Gasteiger partial charge < -0.3 is 14.6 Å². The molecule has 136 valence electrons. The van der Waals surface area contributed by atoms with E-state index in [0.29, 0.717) is 6.07 Å². The first-order valence-electron chi connectivity index (χ1n) is 7.31. The number of hydrogen-bond acceptors (Lipinski definition) is 5. The minimum atomic E-state index is -1.58. The first-order chi connectivity index (χ1) is 11.8. The number of nitrogens with zero attached hydrogens (tertiary/aromatic N) is 1. The Morgan fingerprint density at radius 3 is 2.56 bits per heavy atom. The molecule has 25 heavy (non-hydrogen) atoms. The number of esters is 1. The van der Waals surface area contributed by atoms with Crippen LogP contribution in [0.5, 0.6) is 5.75 Å². The Labute approximate surface area is 140 Å². The molecule has 1 saturated carbocycles. The monoisotopic (exact) mass is 361 g/mol. The zero-order valence-corrected chi connectivity index (χ0v) is 13.4. The van der Waals surface area contributed by atoms with Crippen molar-refractivity contribution in [3.63, 3.8) is 0 Å². The van der Waals surface area contributed by atoms with Crippen LogP contribution in [0.2, 0.25) is 0 Å². The Balaban J connectivity index is 2.55. The van der Waals surface area contributed by atoms with Crippen molar-refractivity contribution in [2.75, 3.05) is 13.7 Å². The summed E-state index contributed by atoms with van der Waals surface area (Å²) >= 11 is 0. The average Bonchev–Trinajstić information content (AvgIpc) is 3.27. The highest BCUT2D eigenvalue weighted by Gasteiger charge is 2.37. The second kappa shape index (κ2) is 7.54. The summed E-state index contributed by atoms with van der Waals surface area (Å²) in [6.45, 7) is 1.42. The van der Waals surface area contributed by atoms with E-state index in [-0.39, 0.29) is 13.0 Å². The lowest BCUT2D eigenvalue weighted by Gasteiger charge is -2.11. The molecule has 1 aromatic rings. The van der Waals surface area contributed by atoms with E-state index in [1.807, 2.05) is 0 Å². The van der Waals surface area contributed by atoms with E-state index in [1.165, 1.54) is 6.92 Å². The fourth-order valence-corrected chi connectivity index (χ4v) is 1.97. The van der Waals surface area contributed by atoms with Crippen molar-refractivity contribution in [1.82, 2.24) is 0 Å². The van der Waals surface area contributed by atoms with Crippen LogP contribution in [0.1, 0.15) is 18.9 Å². The molecule has 1 N–H and O–H groups in total. The maximum atomic E-state index is 14.3. The van der Waals surface area contributed by atoms with E-state index >= 15 is 0 Å². The molecule has 2 rings (SSSR count). The second-order valence-corrected chi connectivity index (χ2v) is 5.15. The summed E-state index contributed by atoms with van der Waals surface area (Å²) in [7, 11) is 0.910. The van der Waals surface area contributed by atoms with E-state index in [2.05, 4.69) is 9.73 Å². The minimum absolute atomic E-state index is 0.0673. The third-order valence-corrected chi connectivity index (χ3v) is 3.40. The van der Waals surface area contributed by atoms with Gasteiger partial charge in [0.2, 0.25) is 5.82 Å². The Morgan fingerprint density at radius 1 is 1.40 bits per heavy atom. The molecule has 0 aromatic heterocycles. The second-order valence-electron chi connectivity index (χ2n) is 5.15. The van der Waals surface area contributed by atoms with E-state index in [9.17, 15) is 27.5 Å². The van der Waals surface area contributed by atoms with Gasteiger partial charge in [-0.05, 0) is 13.0 Å². The van der Waals surface area contributed by atoms with Crippen molar-refractivity contribution in [1.29, 1.82) is 0 Å². The number of benzene rings is 1. The number of methoxy groups -OCH3 is 1. The largest absolute Gasteiger partial charge is 0.506 e. The Morgan fingerprint density at radius 2 is 2.04 bits per heavy atom. The van der Waals surface area contributed by atoms with Gasteiger partial charge in [-0.25, -0.2) is 18.0 Å². The first-order valence-corrected chi connectivity index (χ1v) is 7.31. The van der Waals surface area contributed by atoms with Crippen LogP contribution in [0.15, 0.2) is 16.6 Å². The average molecular weight is 361 g/mol. The maximum absolute atomic E-state index is 14.3. The number of carbonyl (C=O) groups is 1. The number of rotatable bonds is 6. The highest BCUT2D eigenvalue weighted by Crippen LogP contribution is 2.32. The molecule has 0 aliphatic heterocycles. The van der Waals surface area contributed by atoms with Gasteiger partial charge in [-0.3, -0.25) is 4.99 Å². The number of carbonyl (C=O) groups excluding carboxylic acids is 1. The summed E-state index contributed by atoms with van der Waals surface area (Å²) in [6.07, 6.45) is -0.187. The highest BCUT2D eigenvalue weighted by atomic mass is 19.2. The topological polar surface area (TPSA) is 68.1 Å². The summed E-state index contributed by atoms with van der Waals surface area (Å²) in [4.78, 5) is 15.7. The van der Waals surface area contributed by atoms with E-state index in [0.717, 1.165) is 13.3 Å². The molecule has 2 unspecified atom stereocenters. The third kappa shape index (κ3) is 3.92. The van der Waals surface area contributed by atoms with Crippen LogP contribution in [0.3, 0.4) is 0 Å². The summed E-state index contributed by atoms with van der Waals surface area (Å²) < 4.78 is 63.4. The van der Waals surface area contributed by atoms with Crippen LogP contribution in [-0.4, -0.2) is 43.2 Å².